The number of carbonyl (C=O) groups excluding carboxylic acids is 1. The zero-order valence-electron chi connectivity index (χ0n) is 11.3. The van der Waals surface area contributed by atoms with Crippen LogP contribution in [0.5, 0.6) is 5.75 Å². The number of likely N-dealkylation sites (tertiary alicyclic amines) is 1. The summed E-state index contributed by atoms with van der Waals surface area (Å²) >= 11 is 3.49. The third-order valence-electron chi connectivity index (χ3n) is 3.44. The third-order valence-corrected chi connectivity index (χ3v) is 4.06. The number of halogens is 1. The summed E-state index contributed by atoms with van der Waals surface area (Å²) in [6, 6.07) is 6.44. The fourth-order valence-corrected chi connectivity index (χ4v) is 2.85. The fourth-order valence-electron chi connectivity index (χ4n) is 2.26. The molecule has 1 aliphatic rings. The highest BCUT2D eigenvalue weighted by Gasteiger charge is 2.22. The van der Waals surface area contributed by atoms with Gasteiger partial charge < -0.3 is 15.0 Å². The van der Waals surface area contributed by atoms with E-state index in [1.807, 2.05) is 19.2 Å². The van der Waals surface area contributed by atoms with Gasteiger partial charge in [0.1, 0.15) is 5.75 Å². The first kappa shape index (κ1) is 14.3. The Morgan fingerprint density at radius 3 is 2.95 bits per heavy atom. The molecule has 0 aliphatic carbocycles. The molecule has 1 aromatic carbocycles. The number of piperidine rings is 1. The number of nitrogens with one attached hydrogen (secondary N) is 1. The molecule has 1 unspecified atom stereocenters. The first-order chi connectivity index (χ1) is 9.10. The molecule has 104 valence electrons. The highest BCUT2D eigenvalue weighted by atomic mass is 79.9. The van der Waals surface area contributed by atoms with Crippen molar-refractivity contribution in [2.45, 2.75) is 25.4 Å². The summed E-state index contributed by atoms with van der Waals surface area (Å²) in [4.78, 5) is 13.2. The number of nitrogens with zero attached hydrogens (tertiary/aromatic N) is 1. The quantitative estimate of drug-likeness (QED) is 0.922. The molecule has 1 aromatic rings. The highest BCUT2D eigenvalue weighted by Crippen LogP contribution is 2.25. The largest absolute Gasteiger partial charge is 0.496 e. The Morgan fingerprint density at radius 1 is 1.53 bits per heavy atom. The lowest BCUT2D eigenvalue weighted by Gasteiger charge is -2.30. The van der Waals surface area contributed by atoms with Crippen LogP contribution in [0.15, 0.2) is 22.7 Å². The normalized spacial score (nSPS) is 19.6. The van der Waals surface area contributed by atoms with E-state index < -0.39 is 0 Å². The second kappa shape index (κ2) is 6.39. The van der Waals surface area contributed by atoms with Gasteiger partial charge in [-0.2, -0.15) is 0 Å². The number of ether oxygens (including phenoxy) is 1. The van der Waals surface area contributed by atoms with E-state index in [1.165, 1.54) is 5.56 Å². The van der Waals surface area contributed by atoms with Gasteiger partial charge in [0.15, 0.2) is 0 Å². The van der Waals surface area contributed by atoms with Gasteiger partial charge in [0.2, 0.25) is 5.91 Å². The third kappa shape index (κ3) is 3.70. The van der Waals surface area contributed by atoms with Crippen molar-refractivity contribution in [1.82, 2.24) is 10.2 Å². The topological polar surface area (TPSA) is 41.6 Å². The monoisotopic (exact) mass is 326 g/mol. The molecule has 1 atom stereocenters. The summed E-state index contributed by atoms with van der Waals surface area (Å²) in [6.45, 7) is 1.59. The summed E-state index contributed by atoms with van der Waals surface area (Å²) in [5.41, 5.74) is 1.20. The molecule has 0 spiro atoms. The second-order valence-corrected chi connectivity index (χ2v) is 5.71. The van der Waals surface area contributed by atoms with Crippen molar-refractivity contribution < 1.29 is 9.53 Å². The average molecular weight is 327 g/mol. The molecular formula is C14H19BrN2O2. The van der Waals surface area contributed by atoms with Crippen LogP contribution in [0, 0.1) is 0 Å². The molecule has 1 fully saturated rings. The van der Waals surface area contributed by atoms with Gasteiger partial charge in [0, 0.05) is 32.6 Å². The van der Waals surface area contributed by atoms with Crippen LogP contribution in [-0.2, 0) is 11.3 Å². The lowest BCUT2D eigenvalue weighted by atomic mass is 10.1. The van der Waals surface area contributed by atoms with Gasteiger partial charge in [-0.05, 0) is 40.0 Å². The number of benzene rings is 1. The first-order valence-corrected chi connectivity index (χ1v) is 7.19. The highest BCUT2D eigenvalue weighted by molar-refractivity contribution is 9.10. The van der Waals surface area contributed by atoms with Crippen molar-refractivity contribution in [3.63, 3.8) is 0 Å². The number of rotatable bonds is 4. The molecule has 1 N–H and O–H groups in total. The molecule has 0 saturated carbocycles. The van der Waals surface area contributed by atoms with Gasteiger partial charge in [-0.15, -0.1) is 0 Å². The molecule has 1 saturated heterocycles. The van der Waals surface area contributed by atoms with E-state index in [1.54, 1.807) is 12.0 Å². The summed E-state index contributed by atoms with van der Waals surface area (Å²) in [5.74, 6) is 1.08. The lowest BCUT2D eigenvalue weighted by molar-refractivity contribution is -0.132. The van der Waals surface area contributed by atoms with E-state index in [0.717, 1.165) is 29.7 Å². The molecular weight excluding hydrogens is 308 g/mol. The Balaban J connectivity index is 1.89. The minimum atomic E-state index is 0.241. The van der Waals surface area contributed by atoms with E-state index in [2.05, 4.69) is 27.3 Å². The summed E-state index contributed by atoms with van der Waals surface area (Å²) < 4.78 is 6.17. The molecule has 1 heterocycles. The van der Waals surface area contributed by atoms with E-state index in [0.29, 0.717) is 12.5 Å². The van der Waals surface area contributed by atoms with Crippen LogP contribution in [0.4, 0.5) is 0 Å². The van der Waals surface area contributed by atoms with Crippen LogP contribution in [0.1, 0.15) is 18.4 Å². The van der Waals surface area contributed by atoms with Gasteiger partial charge >= 0.3 is 0 Å². The zero-order valence-corrected chi connectivity index (χ0v) is 12.9. The maximum absolute atomic E-state index is 11.4. The molecule has 19 heavy (non-hydrogen) atoms. The minimum Gasteiger partial charge on any atom is -0.496 e. The van der Waals surface area contributed by atoms with Crippen molar-refractivity contribution in [3.8, 4) is 5.75 Å². The van der Waals surface area contributed by atoms with E-state index >= 15 is 0 Å². The number of carbonyl (C=O) groups is 1. The predicted octanol–water partition coefficient (Wildman–Crippen LogP) is 2.17. The summed E-state index contributed by atoms with van der Waals surface area (Å²) in [7, 11) is 3.52. The summed E-state index contributed by atoms with van der Waals surface area (Å²) in [6.07, 6.45) is 1.56. The SMILES string of the molecule is COc1ccc(CNC2CCC(=O)N(C)C2)cc1Br. The standard InChI is InChI=1S/C14H19BrN2O2/c1-17-9-11(4-6-14(17)18)16-8-10-3-5-13(19-2)12(15)7-10/h3,5,7,11,16H,4,6,8-9H2,1-2H3. The van der Waals surface area contributed by atoms with Gasteiger partial charge in [0.05, 0.1) is 11.6 Å². The van der Waals surface area contributed by atoms with E-state index in [-0.39, 0.29) is 5.91 Å². The van der Waals surface area contributed by atoms with Gasteiger partial charge in [-0.1, -0.05) is 6.07 Å². The fraction of sp³-hybridized carbons (Fsp3) is 0.500. The smallest absolute Gasteiger partial charge is 0.222 e. The molecule has 0 aromatic heterocycles. The Kier molecular flexibility index (Phi) is 4.82. The zero-order chi connectivity index (χ0) is 13.8. The molecule has 1 aliphatic heterocycles. The number of likely N-dealkylation sites (N-methyl/N-ethyl adjacent to an activating group) is 1. The maximum Gasteiger partial charge on any atom is 0.222 e. The molecule has 0 radical (unpaired) electrons. The van der Waals surface area contributed by atoms with Crippen LogP contribution in [-0.4, -0.2) is 37.6 Å². The van der Waals surface area contributed by atoms with Crippen LogP contribution in [0.3, 0.4) is 0 Å². The van der Waals surface area contributed by atoms with Crippen molar-refractivity contribution in [1.29, 1.82) is 0 Å². The second-order valence-electron chi connectivity index (χ2n) is 4.86. The Bertz CT molecular complexity index is 465. The van der Waals surface area contributed by atoms with E-state index in [9.17, 15) is 4.79 Å². The molecule has 0 bridgehead atoms. The first-order valence-electron chi connectivity index (χ1n) is 6.40. The van der Waals surface area contributed by atoms with E-state index in [4.69, 9.17) is 4.74 Å². The van der Waals surface area contributed by atoms with Crippen molar-refractivity contribution >= 4 is 21.8 Å². The number of amides is 1. The minimum absolute atomic E-state index is 0.241. The molecule has 1 amide bonds. The Hall–Kier alpha value is -1.07. The lowest BCUT2D eigenvalue weighted by Crippen LogP contribution is -2.46. The van der Waals surface area contributed by atoms with Gasteiger partial charge in [0.25, 0.3) is 0 Å². The number of hydrogen-bond donors (Lipinski definition) is 1. The molecule has 2 rings (SSSR count). The van der Waals surface area contributed by atoms with Crippen LogP contribution in [0.2, 0.25) is 0 Å². The average Bonchev–Trinajstić information content (AvgIpc) is 2.40. The molecule has 4 nitrogen and oxygen atoms in total. The van der Waals surface area contributed by atoms with Gasteiger partial charge in [-0.3, -0.25) is 4.79 Å². The Labute approximate surface area is 122 Å². The number of hydrogen-bond acceptors (Lipinski definition) is 3. The Morgan fingerprint density at radius 2 is 2.32 bits per heavy atom. The van der Waals surface area contributed by atoms with Crippen LogP contribution < -0.4 is 10.1 Å². The van der Waals surface area contributed by atoms with Crippen LogP contribution in [0.25, 0.3) is 0 Å². The number of methoxy groups -OCH3 is 1. The van der Waals surface area contributed by atoms with Crippen molar-refractivity contribution in [3.05, 3.63) is 28.2 Å². The molecule has 5 heteroatoms. The maximum atomic E-state index is 11.4. The van der Waals surface area contributed by atoms with Gasteiger partial charge in [-0.25, -0.2) is 0 Å². The predicted molar refractivity (Wildman–Crippen MR) is 78.2 cm³/mol. The van der Waals surface area contributed by atoms with Crippen molar-refractivity contribution in [2.24, 2.45) is 0 Å². The van der Waals surface area contributed by atoms with Crippen molar-refractivity contribution in [2.75, 3.05) is 20.7 Å². The summed E-state index contributed by atoms with van der Waals surface area (Å²) in [5, 5.41) is 3.50. The van der Waals surface area contributed by atoms with Crippen LogP contribution >= 0.6 is 15.9 Å².